The van der Waals surface area contributed by atoms with Gasteiger partial charge in [0.15, 0.2) is 0 Å². The van der Waals surface area contributed by atoms with E-state index in [4.69, 9.17) is 0 Å². The smallest absolute Gasteiger partial charge is 0.328 e. The van der Waals surface area contributed by atoms with Crippen LogP contribution < -0.4 is 4.90 Å². The number of carboxylic acid groups (broad SMARTS) is 1. The van der Waals surface area contributed by atoms with E-state index in [-0.39, 0.29) is 38.6 Å². The summed E-state index contributed by atoms with van der Waals surface area (Å²) in [6, 6.07) is 7.00. The second-order valence-electron chi connectivity index (χ2n) is 5.13. The predicted molar refractivity (Wildman–Crippen MR) is 74.7 cm³/mol. The minimum Gasteiger partial charge on any atom is -0.480 e. The van der Waals surface area contributed by atoms with Crippen molar-refractivity contribution in [2.24, 2.45) is 0 Å². The van der Waals surface area contributed by atoms with Crippen LogP contribution in [0, 0.1) is 12.8 Å². The van der Waals surface area contributed by atoms with Gasteiger partial charge in [-0.2, -0.15) is 32.4 Å². The number of carboxylic acids is 1. The van der Waals surface area contributed by atoms with Crippen molar-refractivity contribution < 1.29 is 47.4 Å². The molecule has 1 amide bonds. The third kappa shape index (κ3) is 3.77. The summed E-state index contributed by atoms with van der Waals surface area (Å²) in [5.41, 5.74) is -0.213. The second kappa shape index (κ2) is 7.14. The van der Waals surface area contributed by atoms with Crippen LogP contribution in [-0.4, -0.2) is 22.5 Å². The zero-order valence-electron chi connectivity index (χ0n) is 12.3. The van der Waals surface area contributed by atoms with Crippen molar-refractivity contribution in [2.75, 3.05) is 4.90 Å². The van der Waals surface area contributed by atoms with Crippen LogP contribution in [0.15, 0.2) is 24.3 Å². The number of carbonyl (C=O) groups is 2. The second-order valence-corrected chi connectivity index (χ2v) is 5.13. The Morgan fingerprint density at radius 1 is 1.25 bits per heavy atom. The van der Waals surface area contributed by atoms with E-state index in [0.29, 0.717) is 17.2 Å². The molecular weight excluding hydrogens is 331 g/mol. The van der Waals surface area contributed by atoms with E-state index in [0.717, 1.165) is 0 Å². The number of aliphatic carboxylic acids is 1. The van der Waals surface area contributed by atoms with Crippen LogP contribution in [0.3, 0.4) is 0 Å². The number of hydrogen-bond donors (Lipinski definition) is 1. The molecule has 1 aromatic carbocycles. The van der Waals surface area contributed by atoms with Crippen LogP contribution in [0.25, 0.3) is 0 Å². The Bertz CT molecular complexity index is 498. The van der Waals surface area contributed by atoms with Gasteiger partial charge in [0.25, 0.3) is 0 Å². The van der Waals surface area contributed by atoms with Crippen molar-refractivity contribution in [3.05, 3.63) is 42.7 Å². The topological polar surface area (TPSA) is 57.6 Å². The number of benzene rings is 1. The standard InChI is InChI=1S/C15H19NO3.Y/c1-10(2)13(17)16(15(4,5)14(18)19)12-9-7-6-8-11(12)3;/h6-9H,3H2,1-2,4-5H3,(H,18,19);/q-2;. The Balaban J connectivity index is 0.00000361. The summed E-state index contributed by atoms with van der Waals surface area (Å²) in [6.07, 6.45) is 0. The molecule has 20 heavy (non-hydrogen) atoms. The maximum Gasteiger partial charge on any atom is 0.328 e. The van der Waals surface area contributed by atoms with Gasteiger partial charge in [-0.3, -0.25) is 5.92 Å². The number of hydrogen-bond acceptors (Lipinski definition) is 2. The Morgan fingerprint density at radius 3 is 2.15 bits per heavy atom. The normalized spacial score (nSPS) is 10.4. The molecule has 0 heterocycles. The van der Waals surface area contributed by atoms with E-state index in [1.165, 1.54) is 18.7 Å². The fourth-order valence-electron chi connectivity index (χ4n) is 1.71. The van der Waals surface area contributed by atoms with Gasteiger partial charge in [0.2, 0.25) is 0 Å². The van der Waals surface area contributed by atoms with Gasteiger partial charge in [0.05, 0.1) is 5.91 Å². The zero-order chi connectivity index (χ0) is 14.8. The molecule has 1 N–H and O–H groups in total. The summed E-state index contributed by atoms with van der Waals surface area (Å²) in [7, 11) is 0. The minimum atomic E-state index is -1.35. The molecule has 0 fully saturated rings. The first-order chi connectivity index (χ1) is 8.69. The molecule has 0 bridgehead atoms. The first kappa shape index (κ1) is 19.0. The molecule has 0 unspecified atom stereocenters. The van der Waals surface area contributed by atoms with Crippen molar-refractivity contribution in [1.29, 1.82) is 0 Å². The summed E-state index contributed by atoms with van der Waals surface area (Å²) < 4.78 is 0. The van der Waals surface area contributed by atoms with Crippen molar-refractivity contribution in [3.8, 4) is 0 Å². The first-order valence-electron chi connectivity index (χ1n) is 5.98. The molecule has 1 rings (SSSR count). The number of amides is 1. The van der Waals surface area contributed by atoms with E-state index in [2.05, 4.69) is 6.92 Å². The Labute approximate surface area is 145 Å². The molecule has 107 valence electrons. The van der Waals surface area contributed by atoms with E-state index < -0.39 is 11.5 Å². The van der Waals surface area contributed by atoms with Crippen molar-refractivity contribution in [1.82, 2.24) is 0 Å². The quantitative estimate of drug-likeness (QED) is 0.850. The third-order valence-electron chi connectivity index (χ3n) is 2.95. The zero-order valence-corrected chi connectivity index (χ0v) is 15.1. The van der Waals surface area contributed by atoms with Gasteiger partial charge in [0.1, 0.15) is 5.54 Å². The van der Waals surface area contributed by atoms with Crippen LogP contribution in [-0.2, 0) is 42.3 Å². The van der Waals surface area contributed by atoms with Crippen molar-refractivity contribution >= 4 is 17.6 Å². The van der Waals surface area contributed by atoms with Crippen LogP contribution >= 0.6 is 0 Å². The van der Waals surface area contributed by atoms with E-state index in [1.807, 2.05) is 0 Å². The summed E-state index contributed by atoms with van der Waals surface area (Å²) in [5.74, 6) is -0.855. The average Bonchev–Trinajstić information content (AvgIpc) is 2.31. The van der Waals surface area contributed by atoms with Crippen LogP contribution in [0.4, 0.5) is 5.69 Å². The summed E-state index contributed by atoms with van der Waals surface area (Å²) in [5, 5.41) is 9.37. The molecular formula is C15H19NO3Y-2. The van der Waals surface area contributed by atoms with E-state index in [9.17, 15) is 14.7 Å². The summed E-state index contributed by atoms with van der Waals surface area (Å²) in [4.78, 5) is 25.1. The molecule has 0 atom stereocenters. The molecule has 0 aliphatic heterocycles. The molecule has 1 radical (unpaired) electrons. The maximum atomic E-state index is 12.3. The summed E-state index contributed by atoms with van der Waals surface area (Å²) in [6.45, 7) is 10.2. The van der Waals surface area contributed by atoms with Gasteiger partial charge in [-0.05, 0) is 13.8 Å². The number of carbonyl (C=O) groups excluding carboxylic acids is 1. The number of rotatable bonds is 4. The predicted octanol–water partition coefficient (Wildman–Crippen LogP) is 2.68. The fourth-order valence-corrected chi connectivity index (χ4v) is 1.71. The van der Waals surface area contributed by atoms with Crippen molar-refractivity contribution in [2.45, 2.75) is 33.2 Å². The molecule has 4 nitrogen and oxygen atoms in total. The Kier molecular flexibility index (Phi) is 6.78. The molecule has 0 saturated carbocycles. The van der Waals surface area contributed by atoms with Crippen LogP contribution in [0.5, 0.6) is 0 Å². The van der Waals surface area contributed by atoms with Gasteiger partial charge in [0, 0.05) is 32.7 Å². The molecule has 1 aromatic rings. The van der Waals surface area contributed by atoms with Gasteiger partial charge in [-0.1, -0.05) is 17.8 Å². The minimum absolute atomic E-state index is 0. The monoisotopic (exact) mass is 350 g/mol. The van der Waals surface area contributed by atoms with Crippen molar-refractivity contribution in [3.63, 3.8) is 0 Å². The number of para-hydroxylation sites is 1. The number of anilines is 1. The largest absolute Gasteiger partial charge is 0.480 e. The molecule has 5 heteroatoms. The molecule has 0 aliphatic rings. The maximum absolute atomic E-state index is 12.3. The Hall–Kier alpha value is -0.996. The average molecular weight is 350 g/mol. The van der Waals surface area contributed by atoms with Gasteiger partial charge < -0.3 is 14.8 Å². The van der Waals surface area contributed by atoms with Gasteiger partial charge in [-0.15, -0.1) is 6.07 Å². The molecule has 0 saturated heterocycles. The van der Waals surface area contributed by atoms with Gasteiger partial charge >= 0.3 is 5.97 Å². The molecule has 0 aromatic heterocycles. The first-order valence-corrected chi connectivity index (χ1v) is 5.98. The third-order valence-corrected chi connectivity index (χ3v) is 2.95. The number of nitrogens with zero attached hydrogens (tertiary/aromatic N) is 1. The van der Waals surface area contributed by atoms with Gasteiger partial charge in [-0.25, -0.2) is 4.79 Å². The van der Waals surface area contributed by atoms with E-state index >= 15 is 0 Å². The molecule has 0 aliphatic carbocycles. The summed E-state index contributed by atoms with van der Waals surface area (Å²) >= 11 is 0. The fraction of sp³-hybridized carbons (Fsp3) is 0.333. The SMILES string of the molecule is [CH2-]c1ccccc1N(C(=O)[C-](C)C)C(C)(C)C(=O)O.[Y]. The van der Waals surface area contributed by atoms with Crippen LogP contribution in [0.2, 0.25) is 0 Å². The van der Waals surface area contributed by atoms with E-state index in [1.54, 1.807) is 38.1 Å². The molecule has 0 spiro atoms. The van der Waals surface area contributed by atoms with Crippen LogP contribution in [0.1, 0.15) is 33.3 Å². The Morgan fingerprint density at radius 2 is 1.75 bits per heavy atom.